The molecule has 2 heterocycles. The van der Waals surface area contributed by atoms with E-state index in [0.717, 1.165) is 11.4 Å². The maximum absolute atomic E-state index is 5.66. The van der Waals surface area contributed by atoms with Crippen molar-refractivity contribution >= 4 is 5.82 Å². The van der Waals surface area contributed by atoms with Gasteiger partial charge < -0.3 is 19.9 Å². The van der Waals surface area contributed by atoms with Gasteiger partial charge >= 0.3 is 0 Å². The molecule has 0 amide bonds. The zero-order valence-electron chi connectivity index (χ0n) is 10.4. The summed E-state index contributed by atoms with van der Waals surface area (Å²) in [6.45, 7) is 2.37. The van der Waals surface area contributed by atoms with Crippen molar-refractivity contribution in [3.05, 3.63) is 35.8 Å². The topological polar surface area (TPSA) is 79.5 Å². The number of fused-ring (bicyclic) bond motifs is 1. The quantitative estimate of drug-likeness (QED) is 0.903. The molecule has 1 aliphatic heterocycles. The summed E-state index contributed by atoms with van der Waals surface area (Å²) in [5.74, 6) is 3.07. The van der Waals surface area contributed by atoms with Gasteiger partial charge in [0.15, 0.2) is 17.3 Å². The summed E-state index contributed by atoms with van der Waals surface area (Å²) in [4.78, 5) is 8.36. The number of nitrogens with zero attached hydrogens (tertiary/aromatic N) is 2. The van der Waals surface area contributed by atoms with Crippen LogP contribution in [0.3, 0.4) is 0 Å². The lowest BCUT2D eigenvalue weighted by atomic mass is 10.3. The largest absolute Gasteiger partial charge is 0.485 e. The van der Waals surface area contributed by atoms with Crippen LogP contribution in [-0.4, -0.2) is 16.8 Å². The van der Waals surface area contributed by atoms with Gasteiger partial charge in [0, 0.05) is 17.8 Å². The molecule has 0 spiro atoms. The molecule has 0 unspecified atom stereocenters. The number of aryl methyl sites for hydroxylation is 1. The molecule has 1 aromatic carbocycles. The van der Waals surface area contributed by atoms with Gasteiger partial charge in [-0.25, -0.2) is 9.97 Å². The molecule has 19 heavy (non-hydrogen) atoms. The molecule has 0 aliphatic carbocycles. The first kappa shape index (κ1) is 11.6. The minimum atomic E-state index is 0.246. The Morgan fingerprint density at radius 1 is 1.21 bits per heavy atom. The van der Waals surface area contributed by atoms with E-state index in [0.29, 0.717) is 23.1 Å². The van der Waals surface area contributed by atoms with Crippen LogP contribution in [0.2, 0.25) is 0 Å². The van der Waals surface area contributed by atoms with Crippen LogP contribution < -0.4 is 19.9 Å². The molecule has 0 saturated heterocycles. The fourth-order valence-corrected chi connectivity index (χ4v) is 1.84. The Morgan fingerprint density at radius 2 is 2.05 bits per heavy atom. The van der Waals surface area contributed by atoms with Gasteiger partial charge in [-0.2, -0.15) is 0 Å². The van der Waals surface area contributed by atoms with Crippen LogP contribution >= 0.6 is 0 Å². The van der Waals surface area contributed by atoms with E-state index in [-0.39, 0.29) is 13.4 Å². The number of hydrogen-bond donors (Lipinski definition) is 1. The lowest BCUT2D eigenvalue weighted by molar-refractivity contribution is 0.173. The molecule has 0 radical (unpaired) electrons. The van der Waals surface area contributed by atoms with Crippen LogP contribution in [-0.2, 0) is 6.61 Å². The average molecular weight is 259 g/mol. The van der Waals surface area contributed by atoms with E-state index >= 15 is 0 Å². The molecule has 2 N–H and O–H groups in total. The molecule has 0 fully saturated rings. The smallest absolute Gasteiger partial charge is 0.231 e. The minimum Gasteiger partial charge on any atom is -0.485 e. The number of benzene rings is 1. The number of anilines is 1. The number of aromatic nitrogens is 2. The summed E-state index contributed by atoms with van der Waals surface area (Å²) in [6, 6.07) is 7.11. The Hall–Kier alpha value is -2.50. The van der Waals surface area contributed by atoms with Gasteiger partial charge in [0.1, 0.15) is 18.2 Å². The monoisotopic (exact) mass is 259 g/mol. The first-order valence-electron chi connectivity index (χ1n) is 5.83. The Balaban J connectivity index is 1.72. The third-order valence-corrected chi connectivity index (χ3v) is 2.63. The maximum Gasteiger partial charge on any atom is 0.231 e. The van der Waals surface area contributed by atoms with E-state index in [2.05, 4.69) is 9.97 Å². The van der Waals surface area contributed by atoms with Crippen LogP contribution in [0, 0.1) is 6.92 Å². The van der Waals surface area contributed by atoms with Gasteiger partial charge in [0.05, 0.1) is 0 Å². The molecule has 2 aromatic rings. The molecule has 0 bridgehead atoms. The molecule has 0 saturated carbocycles. The van der Waals surface area contributed by atoms with Crippen molar-refractivity contribution < 1.29 is 14.2 Å². The molecule has 1 aromatic heterocycles. The summed E-state index contributed by atoms with van der Waals surface area (Å²) in [7, 11) is 0. The SMILES string of the molecule is Cc1cc(N)nc(COc2ccc3c(c2)OCO3)n1. The van der Waals surface area contributed by atoms with Gasteiger partial charge in [-0.3, -0.25) is 0 Å². The van der Waals surface area contributed by atoms with Gasteiger partial charge in [-0.05, 0) is 19.1 Å². The van der Waals surface area contributed by atoms with Crippen molar-refractivity contribution in [3.8, 4) is 17.2 Å². The predicted molar refractivity (Wildman–Crippen MR) is 68.1 cm³/mol. The van der Waals surface area contributed by atoms with E-state index < -0.39 is 0 Å². The van der Waals surface area contributed by atoms with E-state index in [9.17, 15) is 0 Å². The second-order valence-electron chi connectivity index (χ2n) is 4.15. The Labute approximate surface area is 110 Å². The third-order valence-electron chi connectivity index (χ3n) is 2.63. The second-order valence-corrected chi connectivity index (χ2v) is 4.15. The van der Waals surface area contributed by atoms with Crippen molar-refractivity contribution in [2.75, 3.05) is 12.5 Å². The molecule has 1 aliphatic rings. The fourth-order valence-electron chi connectivity index (χ4n) is 1.84. The number of nitrogens with two attached hydrogens (primary N) is 1. The summed E-state index contributed by atoms with van der Waals surface area (Å²) >= 11 is 0. The summed E-state index contributed by atoms with van der Waals surface area (Å²) in [6.07, 6.45) is 0. The Morgan fingerprint density at radius 3 is 2.89 bits per heavy atom. The van der Waals surface area contributed by atoms with Crippen LogP contribution in [0.15, 0.2) is 24.3 Å². The fraction of sp³-hybridized carbons (Fsp3) is 0.231. The van der Waals surface area contributed by atoms with E-state index in [1.807, 2.05) is 19.1 Å². The summed E-state index contributed by atoms with van der Waals surface area (Å²) in [5.41, 5.74) is 6.48. The first-order valence-corrected chi connectivity index (χ1v) is 5.83. The molecular weight excluding hydrogens is 246 g/mol. The van der Waals surface area contributed by atoms with Crippen molar-refractivity contribution in [3.63, 3.8) is 0 Å². The number of ether oxygens (including phenoxy) is 3. The molecular formula is C13H13N3O3. The molecule has 6 nitrogen and oxygen atoms in total. The van der Waals surface area contributed by atoms with Crippen LogP contribution in [0.5, 0.6) is 17.2 Å². The summed E-state index contributed by atoms with van der Waals surface area (Å²) in [5, 5.41) is 0. The van der Waals surface area contributed by atoms with Gasteiger partial charge in [0.25, 0.3) is 0 Å². The zero-order chi connectivity index (χ0) is 13.2. The molecule has 3 rings (SSSR count). The zero-order valence-corrected chi connectivity index (χ0v) is 10.4. The van der Waals surface area contributed by atoms with Crippen molar-refractivity contribution in [2.24, 2.45) is 0 Å². The van der Waals surface area contributed by atoms with Crippen molar-refractivity contribution in [1.82, 2.24) is 9.97 Å². The highest BCUT2D eigenvalue weighted by Gasteiger charge is 2.13. The van der Waals surface area contributed by atoms with Gasteiger partial charge in [-0.1, -0.05) is 0 Å². The normalized spacial score (nSPS) is 12.5. The van der Waals surface area contributed by atoms with Crippen LogP contribution in [0.4, 0.5) is 5.82 Å². The second kappa shape index (κ2) is 4.64. The van der Waals surface area contributed by atoms with E-state index in [4.69, 9.17) is 19.9 Å². The molecule has 98 valence electrons. The Kier molecular flexibility index (Phi) is 2.83. The molecule has 0 atom stereocenters. The maximum atomic E-state index is 5.66. The summed E-state index contributed by atoms with van der Waals surface area (Å²) < 4.78 is 16.1. The average Bonchev–Trinajstić information content (AvgIpc) is 2.82. The number of rotatable bonds is 3. The highest BCUT2D eigenvalue weighted by Crippen LogP contribution is 2.35. The van der Waals surface area contributed by atoms with E-state index in [1.165, 1.54) is 0 Å². The third kappa shape index (κ3) is 2.52. The Bertz CT molecular complexity index is 596. The highest BCUT2D eigenvalue weighted by molar-refractivity contribution is 5.46. The number of nitrogen functional groups attached to an aromatic ring is 1. The number of hydrogen-bond acceptors (Lipinski definition) is 6. The molecule has 6 heteroatoms. The van der Waals surface area contributed by atoms with Crippen molar-refractivity contribution in [2.45, 2.75) is 13.5 Å². The minimum absolute atomic E-state index is 0.246. The van der Waals surface area contributed by atoms with E-state index in [1.54, 1.807) is 12.1 Å². The van der Waals surface area contributed by atoms with Crippen LogP contribution in [0.25, 0.3) is 0 Å². The standard InChI is InChI=1S/C13H13N3O3/c1-8-4-12(14)16-13(15-8)6-17-9-2-3-10-11(5-9)19-7-18-10/h2-5H,6-7H2,1H3,(H2,14,15,16). The van der Waals surface area contributed by atoms with Crippen LogP contribution in [0.1, 0.15) is 11.5 Å². The lowest BCUT2D eigenvalue weighted by Crippen LogP contribution is -2.05. The lowest BCUT2D eigenvalue weighted by Gasteiger charge is -2.07. The van der Waals surface area contributed by atoms with Crippen molar-refractivity contribution in [1.29, 1.82) is 0 Å². The highest BCUT2D eigenvalue weighted by atomic mass is 16.7. The predicted octanol–water partition coefficient (Wildman–Crippen LogP) is 1.67. The van der Waals surface area contributed by atoms with Gasteiger partial charge in [-0.15, -0.1) is 0 Å². The van der Waals surface area contributed by atoms with Gasteiger partial charge in [0.2, 0.25) is 6.79 Å². The first-order chi connectivity index (χ1) is 9.20.